The fourth-order valence-corrected chi connectivity index (χ4v) is 6.54. The molecule has 1 atom stereocenters. The second-order valence-corrected chi connectivity index (χ2v) is 17.4. The molecule has 0 N–H and O–H groups in total. The van der Waals surface area contributed by atoms with Crippen molar-refractivity contribution in [3.8, 4) is 0 Å². The van der Waals surface area contributed by atoms with Crippen molar-refractivity contribution in [1.29, 1.82) is 0 Å². The summed E-state index contributed by atoms with van der Waals surface area (Å²) in [5.41, 5.74) is 0. The smallest absolute Gasteiger partial charge is 0.306 e. The Balaban J connectivity index is 4.73. The van der Waals surface area contributed by atoms with E-state index in [1.807, 2.05) is 146 Å². The van der Waals surface area contributed by atoms with Crippen molar-refractivity contribution < 1.29 is 28.6 Å². The van der Waals surface area contributed by atoms with Crippen LogP contribution in [0.4, 0.5) is 0 Å². The lowest BCUT2D eigenvalue weighted by Gasteiger charge is -2.18. The molecule has 6 heteroatoms. The van der Waals surface area contributed by atoms with Gasteiger partial charge >= 0.3 is 17.9 Å². The fourth-order valence-electron chi connectivity index (χ4n) is 6.54. The summed E-state index contributed by atoms with van der Waals surface area (Å²) in [6, 6.07) is 0. The Labute approximate surface area is 445 Å². The van der Waals surface area contributed by atoms with Crippen molar-refractivity contribution in [3.63, 3.8) is 0 Å². The molecule has 0 fully saturated rings. The van der Waals surface area contributed by atoms with Gasteiger partial charge in [-0.05, 0) is 89.9 Å². The molecule has 0 heterocycles. The molecule has 73 heavy (non-hydrogen) atoms. The van der Waals surface area contributed by atoms with E-state index < -0.39 is 6.10 Å². The van der Waals surface area contributed by atoms with Crippen LogP contribution in [0.3, 0.4) is 0 Å². The van der Waals surface area contributed by atoms with Crippen LogP contribution in [-0.2, 0) is 28.6 Å². The molecule has 0 aromatic carbocycles. The highest BCUT2D eigenvalue weighted by molar-refractivity contribution is 5.71. The van der Waals surface area contributed by atoms with E-state index in [2.05, 4.69) is 81.5 Å². The molecular formula is C67H96O6. The third-order valence-electron chi connectivity index (χ3n) is 10.6. The summed E-state index contributed by atoms with van der Waals surface area (Å²) in [4.78, 5) is 38.1. The van der Waals surface area contributed by atoms with Crippen molar-refractivity contribution in [2.24, 2.45) is 0 Å². The summed E-state index contributed by atoms with van der Waals surface area (Å²) in [5, 5.41) is 0. The maximum absolute atomic E-state index is 12.8. The Morgan fingerprint density at radius 2 is 0.603 bits per heavy atom. The zero-order chi connectivity index (χ0) is 52.9. The zero-order valence-electron chi connectivity index (χ0n) is 45.5. The minimum Gasteiger partial charge on any atom is -0.462 e. The normalized spacial score (nSPS) is 13.7. The van der Waals surface area contributed by atoms with Gasteiger partial charge < -0.3 is 14.2 Å². The van der Waals surface area contributed by atoms with E-state index in [0.717, 1.165) is 70.6 Å². The number of hydrogen-bond acceptors (Lipinski definition) is 6. The van der Waals surface area contributed by atoms with Gasteiger partial charge in [0.2, 0.25) is 0 Å². The highest BCUT2D eigenvalue weighted by atomic mass is 16.6. The minimum absolute atomic E-state index is 0.150. The first kappa shape index (κ1) is 67.0. The first-order valence-corrected chi connectivity index (χ1v) is 27.8. The second-order valence-electron chi connectivity index (χ2n) is 17.4. The van der Waals surface area contributed by atoms with Gasteiger partial charge in [0.25, 0.3) is 0 Å². The SMILES string of the molecule is CC\C=C/C=C\C=C/C=C\C=C\C=C/C=C\CCCCCC(=O)OCC(COC(=O)CCC/C=C\C/C=C\C/C=C\CCCCCCCC)OC(=O)CCCCC\C=C/C=C\C=C\C=C/C=C\C=C/C=C\CC. The molecule has 0 rings (SSSR count). The van der Waals surface area contributed by atoms with Crippen molar-refractivity contribution in [1.82, 2.24) is 0 Å². The molecular weight excluding hydrogens is 901 g/mol. The number of rotatable bonds is 46. The van der Waals surface area contributed by atoms with Crippen LogP contribution in [-0.4, -0.2) is 37.2 Å². The average molecular weight is 997 g/mol. The number of esters is 3. The predicted octanol–water partition coefficient (Wildman–Crippen LogP) is 18.9. The van der Waals surface area contributed by atoms with Crippen LogP contribution in [0.25, 0.3) is 0 Å². The zero-order valence-corrected chi connectivity index (χ0v) is 45.5. The van der Waals surface area contributed by atoms with Crippen molar-refractivity contribution in [3.05, 3.63) is 207 Å². The fraction of sp³-hybridized carbons (Fsp3) is 0.448. The Morgan fingerprint density at radius 1 is 0.301 bits per heavy atom. The Kier molecular flexibility index (Phi) is 53.7. The Bertz CT molecular complexity index is 1860. The molecule has 0 saturated carbocycles. The van der Waals surface area contributed by atoms with Gasteiger partial charge in [-0.1, -0.05) is 272 Å². The minimum atomic E-state index is -0.857. The van der Waals surface area contributed by atoms with Gasteiger partial charge in [0, 0.05) is 19.3 Å². The quantitative estimate of drug-likeness (QED) is 0.0199. The maximum atomic E-state index is 12.8. The molecule has 0 bridgehead atoms. The van der Waals surface area contributed by atoms with Crippen LogP contribution in [0.2, 0.25) is 0 Å². The summed E-state index contributed by atoms with van der Waals surface area (Å²) in [6.45, 7) is 6.18. The van der Waals surface area contributed by atoms with Crippen LogP contribution < -0.4 is 0 Å². The standard InChI is InChI=1S/C67H96O6/c1-4-7-10-13-16-19-22-25-28-31-33-36-39-42-45-48-51-54-57-60-66(69)72-63-64(62-71-65(68)59-56-53-50-47-44-41-38-35-30-27-24-21-18-15-12-9-6-3)73-67(70)61-58-55-52-49-46-43-40-37-34-32-29-26-23-20-17-14-11-8-5-2/h7-8,10-11,13-14,16-17,19-20,22-23,25-34,36-43,45-47,50,64H,4-6,9,12,15,18,21,24,35,44,48-49,51-63H2,1-3H3/b10-7-,11-8-,16-13-,17-14-,22-19-,23-20-,28-25-,29-26-,30-27-,33-31+,34-32+,39-36-,40-37-,41-38-,45-42-,46-43-,50-47-. The van der Waals surface area contributed by atoms with Crippen LogP contribution in [0, 0.1) is 0 Å². The number of ether oxygens (including phenoxy) is 3. The lowest BCUT2D eigenvalue weighted by molar-refractivity contribution is -0.167. The number of allylic oxidation sites excluding steroid dienone is 34. The molecule has 0 aliphatic rings. The summed E-state index contributed by atoms with van der Waals surface area (Å²) in [7, 11) is 0. The molecule has 0 amide bonds. The Morgan fingerprint density at radius 3 is 1.01 bits per heavy atom. The van der Waals surface area contributed by atoms with Gasteiger partial charge in [0.05, 0.1) is 0 Å². The third kappa shape index (κ3) is 56.8. The highest BCUT2D eigenvalue weighted by Crippen LogP contribution is 2.11. The average Bonchev–Trinajstić information content (AvgIpc) is 3.39. The Hall–Kier alpha value is -6.01. The van der Waals surface area contributed by atoms with E-state index in [1.54, 1.807) is 0 Å². The molecule has 0 aliphatic carbocycles. The van der Waals surface area contributed by atoms with Crippen LogP contribution in [0.5, 0.6) is 0 Å². The largest absolute Gasteiger partial charge is 0.462 e. The first-order valence-electron chi connectivity index (χ1n) is 27.8. The van der Waals surface area contributed by atoms with Gasteiger partial charge in [-0.15, -0.1) is 0 Å². The van der Waals surface area contributed by atoms with Gasteiger partial charge in [0.1, 0.15) is 13.2 Å². The van der Waals surface area contributed by atoms with E-state index in [1.165, 1.54) is 44.9 Å². The molecule has 0 aliphatic heterocycles. The van der Waals surface area contributed by atoms with Crippen molar-refractivity contribution in [2.75, 3.05) is 13.2 Å². The topological polar surface area (TPSA) is 78.9 Å². The molecule has 0 spiro atoms. The molecule has 0 saturated heterocycles. The van der Waals surface area contributed by atoms with Gasteiger partial charge in [-0.2, -0.15) is 0 Å². The number of carbonyl (C=O) groups is 3. The lowest BCUT2D eigenvalue weighted by atomic mass is 10.1. The lowest BCUT2D eigenvalue weighted by Crippen LogP contribution is -2.30. The third-order valence-corrected chi connectivity index (χ3v) is 10.6. The van der Waals surface area contributed by atoms with E-state index in [9.17, 15) is 14.4 Å². The molecule has 400 valence electrons. The summed E-state index contributed by atoms with van der Waals surface area (Å²) in [6.07, 6.45) is 90.9. The van der Waals surface area contributed by atoms with Gasteiger partial charge in [-0.3, -0.25) is 14.4 Å². The summed E-state index contributed by atoms with van der Waals surface area (Å²) >= 11 is 0. The molecule has 6 nitrogen and oxygen atoms in total. The summed E-state index contributed by atoms with van der Waals surface area (Å²) in [5.74, 6) is -1.11. The predicted molar refractivity (Wildman–Crippen MR) is 315 cm³/mol. The number of unbranched alkanes of at least 4 members (excludes halogenated alkanes) is 13. The van der Waals surface area contributed by atoms with Crippen LogP contribution in [0.15, 0.2) is 207 Å². The molecule has 1 unspecified atom stereocenters. The molecule has 0 aromatic rings. The van der Waals surface area contributed by atoms with E-state index >= 15 is 0 Å². The van der Waals surface area contributed by atoms with E-state index in [0.29, 0.717) is 19.3 Å². The van der Waals surface area contributed by atoms with Crippen LogP contribution in [0.1, 0.15) is 175 Å². The molecule has 0 radical (unpaired) electrons. The van der Waals surface area contributed by atoms with Crippen LogP contribution >= 0.6 is 0 Å². The first-order chi connectivity index (χ1) is 36.0. The van der Waals surface area contributed by atoms with Crippen molar-refractivity contribution >= 4 is 17.9 Å². The van der Waals surface area contributed by atoms with Crippen molar-refractivity contribution in [2.45, 2.75) is 181 Å². The maximum Gasteiger partial charge on any atom is 0.306 e. The second kappa shape index (κ2) is 58.6. The highest BCUT2D eigenvalue weighted by Gasteiger charge is 2.19. The summed E-state index contributed by atoms with van der Waals surface area (Å²) < 4.78 is 16.7. The molecule has 0 aromatic heterocycles. The monoisotopic (exact) mass is 997 g/mol. The van der Waals surface area contributed by atoms with Gasteiger partial charge in [-0.25, -0.2) is 0 Å². The number of hydrogen-bond donors (Lipinski definition) is 0. The van der Waals surface area contributed by atoms with E-state index in [-0.39, 0.29) is 50.4 Å². The number of carbonyl (C=O) groups excluding carboxylic acids is 3. The van der Waals surface area contributed by atoms with Gasteiger partial charge in [0.15, 0.2) is 6.10 Å². The van der Waals surface area contributed by atoms with E-state index in [4.69, 9.17) is 14.2 Å².